The molecule has 1 aliphatic rings. The van der Waals surface area contributed by atoms with Crippen LogP contribution in [0.4, 0.5) is 8.78 Å². The Morgan fingerprint density at radius 3 is 2.91 bits per heavy atom. The fourth-order valence-corrected chi connectivity index (χ4v) is 2.06. The lowest BCUT2D eigenvalue weighted by atomic mass is 10.1. The fraction of sp³-hybridized carbons (Fsp3) is 0.500. The van der Waals surface area contributed by atoms with E-state index in [0.717, 1.165) is 0 Å². The monoisotopic (exact) mass is 352 g/mol. The Bertz CT molecular complexity index is 514. The Morgan fingerprint density at radius 2 is 2.30 bits per heavy atom. The molecule has 1 saturated heterocycles. The Balaban J connectivity index is 0.00000264. The van der Waals surface area contributed by atoms with Crippen molar-refractivity contribution >= 4 is 18.3 Å². The van der Waals surface area contributed by atoms with Gasteiger partial charge in [0, 0.05) is 25.2 Å². The number of carbonyl (C=O) groups is 1. The number of hydrogen-bond donors (Lipinski definition) is 2. The number of rotatable bonds is 6. The largest absolute Gasteiger partial charge is 0.497 e. The maximum absolute atomic E-state index is 12.4. The van der Waals surface area contributed by atoms with Crippen molar-refractivity contribution in [3.8, 4) is 11.5 Å². The van der Waals surface area contributed by atoms with Crippen LogP contribution >= 0.6 is 12.4 Å². The van der Waals surface area contributed by atoms with Crippen LogP contribution in [0.1, 0.15) is 5.56 Å². The maximum atomic E-state index is 12.4. The van der Waals surface area contributed by atoms with E-state index in [1.807, 2.05) is 0 Å². The number of ether oxygens (including phenoxy) is 3. The number of benzene rings is 1. The number of alkyl halides is 2. The van der Waals surface area contributed by atoms with Gasteiger partial charge in [-0.05, 0) is 18.2 Å². The van der Waals surface area contributed by atoms with E-state index in [1.54, 1.807) is 0 Å². The number of amides is 1. The number of carbonyl (C=O) groups excluding carboxylic acids is 1. The highest BCUT2D eigenvalue weighted by molar-refractivity contribution is 5.85. The highest BCUT2D eigenvalue weighted by Gasteiger charge is 2.22. The van der Waals surface area contributed by atoms with E-state index in [1.165, 1.54) is 25.3 Å². The normalized spacial score (nSPS) is 17.3. The molecule has 1 aromatic rings. The molecule has 1 amide bonds. The second kappa shape index (κ2) is 9.49. The highest BCUT2D eigenvalue weighted by atomic mass is 35.5. The smallest absolute Gasteiger partial charge is 0.387 e. The molecule has 130 valence electrons. The Hall–Kier alpha value is -1.64. The van der Waals surface area contributed by atoms with E-state index < -0.39 is 12.7 Å². The van der Waals surface area contributed by atoms with Gasteiger partial charge in [-0.2, -0.15) is 8.78 Å². The van der Waals surface area contributed by atoms with Gasteiger partial charge in [0.25, 0.3) is 5.91 Å². The van der Waals surface area contributed by atoms with E-state index >= 15 is 0 Å². The number of morpholine rings is 1. The average Bonchev–Trinajstić information content (AvgIpc) is 2.54. The van der Waals surface area contributed by atoms with Crippen molar-refractivity contribution in [2.45, 2.75) is 19.3 Å². The minimum absolute atomic E-state index is 0. The van der Waals surface area contributed by atoms with Crippen molar-refractivity contribution in [1.82, 2.24) is 10.6 Å². The molecule has 23 heavy (non-hydrogen) atoms. The molecule has 1 aliphatic heterocycles. The van der Waals surface area contributed by atoms with Crippen molar-refractivity contribution < 1.29 is 27.8 Å². The summed E-state index contributed by atoms with van der Waals surface area (Å²) in [6.07, 6.45) is -0.584. The molecule has 0 aromatic heterocycles. The van der Waals surface area contributed by atoms with Crippen molar-refractivity contribution in [2.75, 3.05) is 26.8 Å². The molecule has 2 rings (SSSR count). The third-order valence-corrected chi connectivity index (χ3v) is 3.16. The van der Waals surface area contributed by atoms with E-state index in [2.05, 4.69) is 15.4 Å². The molecule has 2 N–H and O–H groups in total. The lowest BCUT2D eigenvalue weighted by Gasteiger charge is -2.23. The molecule has 0 saturated carbocycles. The molecule has 0 bridgehead atoms. The Kier molecular flexibility index (Phi) is 8.01. The van der Waals surface area contributed by atoms with Crippen molar-refractivity contribution in [3.05, 3.63) is 23.8 Å². The van der Waals surface area contributed by atoms with E-state index in [-0.39, 0.29) is 30.6 Å². The van der Waals surface area contributed by atoms with Crippen molar-refractivity contribution in [3.63, 3.8) is 0 Å². The first-order valence-corrected chi connectivity index (χ1v) is 6.82. The van der Waals surface area contributed by atoms with Gasteiger partial charge in [0.1, 0.15) is 17.6 Å². The van der Waals surface area contributed by atoms with Gasteiger partial charge >= 0.3 is 6.61 Å². The van der Waals surface area contributed by atoms with Crippen LogP contribution in [-0.2, 0) is 16.1 Å². The summed E-state index contributed by atoms with van der Waals surface area (Å²) in [6.45, 7) is -1.32. The van der Waals surface area contributed by atoms with Crippen LogP contribution in [0.25, 0.3) is 0 Å². The lowest BCUT2D eigenvalue weighted by molar-refractivity contribution is -0.134. The molecule has 1 atom stereocenters. The van der Waals surface area contributed by atoms with Gasteiger partial charge in [-0.3, -0.25) is 4.79 Å². The number of hydrogen-bond acceptors (Lipinski definition) is 5. The summed E-state index contributed by atoms with van der Waals surface area (Å²) in [4.78, 5) is 12.0. The zero-order valence-electron chi connectivity index (χ0n) is 12.5. The minimum atomic E-state index is -2.94. The molecule has 0 spiro atoms. The molecule has 1 fully saturated rings. The van der Waals surface area contributed by atoms with Crippen molar-refractivity contribution in [1.29, 1.82) is 0 Å². The molecule has 1 heterocycles. The highest BCUT2D eigenvalue weighted by Crippen LogP contribution is 2.25. The molecular formula is C14H19ClF2N2O4. The summed E-state index contributed by atoms with van der Waals surface area (Å²) in [5, 5.41) is 5.69. The Labute approximate surface area is 138 Å². The van der Waals surface area contributed by atoms with Gasteiger partial charge in [0.05, 0.1) is 13.7 Å². The minimum Gasteiger partial charge on any atom is -0.497 e. The van der Waals surface area contributed by atoms with Gasteiger partial charge in [0.2, 0.25) is 0 Å². The molecule has 1 aromatic carbocycles. The van der Waals surface area contributed by atoms with Gasteiger partial charge < -0.3 is 24.8 Å². The van der Waals surface area contributed by atoms with Crippen LogP contribution in [-0.4, -0.2) is 45.4 Å². The topological polar surface area (TPSA) is 68.8 Å². The molecule has 9 heteroatoms. The second-order valence-corrected chi connectivity index (χ2v) is 4.63. The fourth-order valence-electron chi connectivity index (χ4n) is 2.06. The molecular weight excluding hydrogens is 334 g/mol. The van der Waals surface area contributed by atoms with Crippen LogP contribution in [0.5, 0.6) is 11.5 Å². The van der Waals surface area contributed by atoms with Gasteiger partial charge in [0.15, 0.2) is 0 Å². The third kappa shape index (κ3) is 5.81. The first-order chi connectivity index (χ1) is 10.6. The number of methoxy groups -OCH3 is 1. The third-order valence-electron chi connectivity index (χ3n) is 3.16. The van der Waals surface area contributed by atoms with Gasteiger partial charge in [-0.15, -0.1) is 12.4 Å². The predicted molar refractivity (Wildman–Crippen MR) is 81.3 cm³/mol. The van der Waals surface area contributed by atoms with Crippen LogP contribution in [0.2, 0.25) is 0 Å². The predicted octanol–water partition coefficient (Wildman–Crippen LogP) is 1.32. The van der Waals surface area contributed by atoms with E-state index in [9.17, 15) is 13.6 Å². The first kappa shape index (κ1) is 19.4. The van der Waals surface area contributed by atoms with Crippen LogP contribution in [0, 0.1) is 0 Å². The van der Waals surface area contributed by atoms with Crippen LogP contribution in [0.15, 0.2) is 18.2 Å². The average molecular weight is 353 g/mol. The number of nitrogens with one attached hydrogen (secondary N) is 2. The zero-order chi connectivity index (χ0) is 15.9. The summed E-state index contributed by atoms with van der Waals surface area (Å²) >= 11 is 0. The summed E-state index contributed by atoms with van der Waals surface area (Å²) < 4.78 is 39.6. The SMILES string of the molecule is COc1ccc(OC(F)F)c(CNC(=O)C2CNCCO2)c1.Cl. The number of halogens is 3. The standard InChI is InChI=1S/C14H18F2N2O4.ClH/c1-20-10-2-3-11(22-14(15)16)9(6-10)7-18-13(19)12-8-17-4-5-21-12;/h2-3,6,12,14,17H,4-5,7-8H2,1H3,(H,18,19);1H. The molecule has 1 unspecified atom stereocenters. The lowest BCUT2D eigenvalue weighted by Crippen LogP contribution is -2.47. The van der Waals surface area contributed by atoms with Crippen LogP contribution in [0.3, 0.4) is 0 Å². The van der Waals surface area contributed by atoms with E-state index in [4.69, 9.17) is 9.47 Å². The van der Waals surface area contributed by atoms with Gasteiger partial charge in [-0.1, -0.05) is 0 Å². The molecule has 0 aliphatic carbocycles. The van der Waals surface area contributed by atoms with E-state index in [0.29, 0.717) is 31.0 Å². The summed E-state index contributed by atoms with van der Waals surface area (Å²) in [5.74, 6) is 0.179. The summed E-state index contributed by atoms with van der Waals surface area (Å²) in [7, 11) is 1.47. The quantitative estimate of drug-likeness (QED) is 0.808. The van der Waals surface area contributed by atoms with Crippen LogP contribution < -0.4 is 20.1 Å². The summed E-state index contributed by atoms with van der Waals surface area (Å²) in [5.41, 5.74) is 0.400. The first-order valence-electron chi connectivity index (χ1n) is 6.82. The zero-order valence-corrected chi connectivity index (χ0v) is 13.3. The van der Waals surface area contributed by atoms with Crippen molar-refractivity contribution in [2.24, 2.45) is 0 Å². The maximum Gasteiger partial charge on any atom is 0.387 e. The summed E-state index contributed by atoms with van der Waals surface area (Å²) in [6, 6.07) is 4.43. The molecule has 0 radical (unpaired) electrons. The Morgan fingerprint density at radius 1 is 1.52 bits per heavy atom. The van der Waals surface area contributed by atoms with Gasteiger partial charge in [-0.25, -0.2) is 0 Å². The second-order valence-electron chi connectivity index (χ2n) is 4.63. The molecule has 6 nitrogen and oxygen atoms in total.